The lowest BCUT2D eigenvalue weighted by molar-refractivity contribution is -0.129. The maximum Gasteiger partial charge on any atom is 0.224 e. The highest BCUT2D eigenvalue weighted by Gasteiger charge is 2.27. The molecule has 42 heavy (non-hydrogen) atoms. The quantitative estimate of drug-likeness (QED) is 0.218. The summed E-state index contributed by atoms with van der Waals surface area (Å²) in [6.07, 6.45) is 16.3. The van der Waals surface area contributed by atoms with Crippen LogP contribution in [0, 0.1) is 11.8 Å². The minimum absolute atomic E-state index is 0.0104. The van der Waals surface area contributed by atoms with Crippen LogP contribution < -0.4 is 5.32 Å². The molecule has 230 valence electrons. The van der Waals surface area contributed by atoms with E-state index in [-0.39, 0.29) is 29.9 Å². The molecule has 1 saturated carbocycles. The van der Waals surface area contributed by atoms with Crippen LogP contribution in [0.3, 0.4) is 0 Å². The van der Waals surface area contributed by atoms with Gasteiger partial charge < -0.3 is 10.1 Å². The van der Waals surface area contributed by atoms with Crippen molar-refractivity contribution in [1.29, 1.82) is 0 Å². The van der Waals surface area contributed by atoms with E-state index in [2.05, 4.69) is 42.3 Å². The van der Waals surface area contributed by atoms with Crippen LogP contribution in [0.25, 0.3) is 10.2 Å². The predicted octanol–water partition coefficient (Wildman–Crippen LogP) is 7.40. The van der Waals surface area contributed by atoms with E-state index in [1.54, 1.807) is 24.3 Å². The van der Waals surface area contributed by atoms with E-state index in [0.717, 1.165) is 41.3 Å². The van der Waals surface area contributed by atoms with Crippen molar-refractivity contribution >= 4 is 39.0 Å². The summed E-state index contributed by atoms with van der Waals surface area (Å²) in [5, 5.41) is 4.21. The van der Waals surface area contributed by atoms with Crippen LogP contribution in [0.5, 0.6) is 0 Å². The lowest BCUT2D eigenvalue weighted by atomic mass is 9.83. The summed E-state index contributed by atoms with van der Waals surface area (Å²) in [4.78, 5) is 45.9. The van der Waals surface area contributed by atoms with E-state index >= 15 is 0 Å². The zero-order valence-corrected chi connectivity index (χ0v) is 26.9. The number of piperidine rings is 1. The number of allylic oxidation sites excluding steroid dienone is 1. The average molecular weight is 594 g/mol. The van der Waals surface area contributed by atoms with Crippen molar-refractivity contribution < 1.29 is 14.4 Å². The first-order valence-electron chi connectivity index (χ1n) is 16.4. The lowest BCUT2D eigenvalue weighted by Gasteiger charge is -2.28. The largest absolute Gasteiger partial charge is 0.353 e. The number of rotatable bonds is 15. The third-order valence-corrected chi connectivity index (χ3v) is 10.0. The molecule has 0 spiro atoms. The first kappa shape index (κ1) is 32.5. The van der Waals surface area contributed by atoms with Crippen molar-refractivity contribution in [3.63, 3.8) is 0 Å². The van der Waals surface area contributed by atoms with Gasteiger partial charge in [-0.2, -0.15) is 0 Å². The second kappa shape index (κ2) is 16.5. The van der Waals surface area contributed by atoms with Crippen LogP contribution in [0.2, 0.25) is 0 Å². The molecule has 7 heteroatoms. The van der Waals surface area contributed by atoms with E-state index in [1.807, 2.05) is 6.08 Å². The number of carbonyl (C=O) groups excluding carboxylic acids is 3. The lowest BCUT2D eigenvalue weighted by Crippen LogP contribution is -2.41. The Balaban J connectivity index is 1.39. The van der Waals surface area contributed by atoms with Gasteiger partial charge in [0.25, 0.3) is 0 Å². The first-order valence-corrected chi connectivity index (χ1v) is 17.2. The average Bonchev–Trinajstić information content (AvgIpc) is 3.38. The van der Waals surface area contributed by atoms with Gasteiger partial charge in [-0.25, -0.2) is 4.98 Å². The number of nitrogens with one attached hydrogen (secondary N) is 1. The molecule has 1 amide bonds. The monoisotopic (exact) mass is 593 g/mol. The van der Waals surface area contributed by atoms with Crippen molar-refractivity contribution in [3.05, 3.63) is 40.9 Å². The van der Waals surface area contributed by atoms with Crippen LogP contribution in [0.1, 0.15) is 114 Å². The van der Waals surface area contributed by atoms with Crippen molar-refractivity contribution in [2.45, 2.75) is 116 Å². The molecule has 1 aromatic heterocycles. The highest BCUT2D eigenvalue weighted by Crippen LogP contribution is 2.30. The molecule has 2 aromatic rings. The number of ketones is 2. The fourth-order valence-electron chi connectivity index (χ4n) is 6.52. The first-order chi connectivity index (χ1) is 20.3. The number of hydrogen-bond acceptors (Lipinski definition) is 6. The van der Waals surface area contributed by atoms with Crippen LogP contribution >= 0.6 is 11.3 Å². The molecule has 4 rings (SSSR count). The van der Waals surface area contributed by atoms with E-state index in [4.69, 9.17) is 4.98 Å². The number of thiazole rings is 1. The van der Waals surface area contributed by atoms with Crippen LogP contribution in [0.15, 0.2) is 30.4 Å². The second-order valence-corrected chi connectivity index (χ2v) is 14.1. The molecule has 1 aromatic carbocycles. The Kier molecular flexibility index (Phi) is 12.8. The summed E-state index contributed by atoms with van der Waals surface area (Å²) in [5.74, 6) is 0.623. The van der Waals surface area contributed by atoms with Gasteiger partial charge in [0.05, 0.1) is 21.1 Å². The van der Waals surface area contributed by atoms with E-state index in [9.17, 15) is 14.4 Å². The highest BCUT2D eigenvalue weighted by molar-refractivity contribution is 7.18. The maximum atomic E-state index is 13.7. The van der Waals surface area contributed by atoms with Crippen LogP contribution in [0.4, 0.5) is 0 Å². The highest BCUT2D eigenvalue weighted by atomic mass is 32.1. The fourth-order valence-corrected chi connectivity index (χ4v) is 7.61. The van der Waals surface area contributed by atoms with Gasteiger partial charge >= 0.3 is 0 Å². The summed E-state index contributed by atoms with van der Waals surface area (Å²) in [6.45, 7) is 8.99. The number of hydrogen-bond donors (Lipinski definition) is 1. The summed E-state index contributed by atoms with van der Waals surface area (Å²) < 4.78 is 1.13. The number of likely N-dealkylation sites (tertiary alicyclic amines) is 1. The van der Waals surface area contributed by atoms with E-state index < -0.39 is 5.92 Å². The zero-order valence-electron chi connectivity index (χ0n) is 26.0. The van der Waals surface area contributed by atoms with E-state index in [1.165, 1.54) is 56.9 Å². The minimum Gasteiger partial charge on any atom is -0.353 e. The summed E-state index contributed by atoms with van der Waals surface area (Å²) in [7, 11) is 0. The SMILES string of the molecule is CC(=O)C[C@@H](Cc1nc2ccc(C(C)C)cc2s1)C(=O)N[C@H](CCC(=O)/C=C/CN1CCCCC1)CC1CCCCC1. The molecule has 1 N–H and O–H groups in total. The molecule has 2 heterocycles. The smallest absolute Gasteiger partial charge is 0.224 e. The number of aromatic nitrogens is 1. The fraction of sp³-hybridized carbons (Fsp3) is 0.657. The molecule has 2 aliphatic rings. The molecule has 1 aliphatic carbocycles. The summed E-state index contributed by atoms with van der Waals surface area (Å²) in [6, 6.07) is 6.32. The van der Waals surface area contributed by atoms with Gasteiger partial charge in [-0.1, -0.05) is 64.5 Å². The Morgan fingerprint density at radius 1 is 1.07 bits per heavy atom. The van der Waals surface area contributed by atoms with Gasteiger partial charge in [-0.3, -0.25) is 14.5 Å². The Hall–Kier alpha value is -2.38. The van der Waals surface area contributed by atoms with Gasteiger partial charge in [-0.05, 0) is 81.3 Å². The van der Waals surface area contributed by atoms with Gasteiger partial charge in [-0.15, -0.1) is 11.3 Å². The number of nitrogens with zero attached hydrogens (tertiary/aromatic N) is 2. The number of amides is 1. The van der Waals surface area contributed by atoms with Crippen LogP contribution in [-0.4, -0.2) is 53.0 Å². The molecule has 1 aliphatic heterocycles. The van der Waals surface area contributed by atoms with Crippen molar-refractivity contribution in [2.75, 3.05) is 19.6 Å². The normalized spacial score (nSPS) is 18.5. The molecule has 0 bridgehead atoms. The molecular weight excluding hydrogens is 542 g/mol. The molecule has 1 saturated heterocycles. The molecule has 0 radical (unpaired) electrons. The number of Topliss-reactive ketones (excluding diaryl/α,β-unsaturated/α-hetero) is 1. The second-order valence-electron chi connectivity index (χ2n) is 13.0. The van der Waals surface area contributed by atoms with Gasteiger partial charge in [0.15, 0.2) is 5.78 Å². The molecule has 2 fully saturated rings. The summed E-state index contributed by atoms with van der Waals surface area (Å²) >= 11 is 1.62. The van der Waals surface area contributed by atoms with Crippen LogP contribution in [-0.2, 0) is 20.8 Å². The topological polar surface area (TPSA) is 79.4 Å². The van der Waals surface area contributed by atoms with Gasteiger partial charge in [0.2, 0.25) is 5.91 Å². The Morgan fingerprint density at radius 2 is 1.81 bits per heavy atom. The predicted molar refractivity (Wildman–Crippen MR) is 173 cm³/mol. The molecule has 2 atom stereocenters. The Labute approximate surface area is 256 Å². The number of carbonyl (C=O) groups is 3. The Bertz CT molecular complexity index is 1210. The van der Waals surface area contributed by atoms with Crippen molar-refractivity contribution in [3.8, 4) is 0 Å². The maximum absolute atomic E-state index is 13.7. The number of benzene rings is 1. The summed E-state index contributed by atoms with van der Waals surface area (Å²) in [5.41, 5.74) is 2.22. The van der Waals surface area contributed by atoms with E-state index in [0.29, 0.717) is 31.1 Å². The molecule has 0 unspecified atom stereocenters. The minimum atomic E-state index is -0.457. The third kappa shape index (κ3) is 10.4. The van der Waals surface area contributed by atoms with Crippen molar-refractivity contribution in [2.24, 2.45) is 11.8 Å². The van der Waals surface area contributed by atoms with Gasteiger partial charge in [0, 0.05) is 31.8 Å². The number of fused-ring (bicyclic) bond motifs is 1. The zero-order chi connectivity index (χ0) is 29.9. The Morgan fingerprint density at radius 3 is 2.52 bits per heavy atom. The van der Waals surface area contributed by atoms with Gasteiger partial charge in [0.1, 0.15) is 5.78 Å². The standard InChI is InChI=1S/C35H51N3O3S/c1-25(2)28-14-17-32-33(23-28)42-34(37-32)24-29(21-26(3)39)35(41)36-30(22-27-11-6-4-7-12-27)15-16-31(40)13-10-20-38-18-8-5-9-19-38/h10,13-14,17,23,25,27,29-30H,4-9,11-12,15-16,18-22,24H2,1-3H3,(H,36,41)/b13-10+/t29-,30+/m0/s1. The third-order valence-electron chi connectivity index (χ3n) is 8.99. The molecular formula is C35H51N3O3S. The molecule has 6 nitrogen and oxygen atoms in total. The van der Waals surface area contributed by atoms with Crippen molar-refractivity contribution in [1.82, 2.24) is 15.2 Å².